The zero-order valence-corrected chi connectivity index (χ0v) is 63.6. The number of quaternary nitrogens is 1. The lowest BCUT2D eigenvalue weighted by molar-refractivity contribution is -0.870. The van der Waals surface area contributed by atoms with E-state index in [1.807, 2.05) is 21.1 Å². The minimum Gasteiger partial charge on any atom is -0.477 e. The summed E-state index contributed by atoms with van der Waals surface area (Å²) >= 11 is 0. The molecule has 0 aromatic rings. The van der Waals surface area contributed by atoms with Gasteiger partial charge in [-0.3, -0.25) is 9.59 Å². The molecule has 0 spiro atoms. The molecule has 0 heterocycles. The van der Waals surface area contributed by atoms with Crippen molar-refractivity contribution in [1.29, 1.82) is 0 Å². The first-order valence-corrected chi connectivity index (χ1v) is 39.2. The number of hydrogen-bond donors (Lipinski definition) is 1. The van der Waals surface area contributed by atoms with E-state index in [9.17, 15) is 19.5 Å². The van der Waals surface area contributed by atoms with E-state index in [1.54, 1.807) is 0 Å². The Morgan fingerprint density at radius 3 is 0.808 bits per heavy atom. The molecule has 2 unspecified atom stereocenters. The quantitative estimate of drug-likeness (QED) is 0.0211. The minimum atomic E-state index is -1.53. The van der Waals surface area contributed by atoms with Crippen LogP contribution in [0.1, 0.15) is 284 Å². The first-order chi connectivity index (χ1) is 48.6. The van der Waals surface area contributed by atoms with E-state index < -0.39 is 24.3 Å². The van der Waals surface area contributed by atoms with Gasteiger partial charge >= 0.3 is 17.9 Å². The number of carbonyl (C=O) groups excluding carboxylic acids is 2. The Kier molecular flexibility index (Phi) is 72.8. The van der Waals surface area contributed by atoms with Gasteiger partial charge in [0.2, 0.25) is 0 Å². The lowest BCUT2D eigenvalue weighted by atomic mass is 10.0. The molecule has 0 aromatic heterocycles. The lowest BCUT2D eigenvalue weighted by Gasteiger charge is -2.25. The van der Waals surface area contributed by atoms with Gasteiger partial charge in [0, 0.05) is 12.8 Å². The molecule has 0 radical (unpaired) electrons. The number of rotatable bonds is 70. The van der Waals surface area contributed by atoms with Crippen molar-refractivity contribution in [3.05, 3.63) is 207 Å². The summed E-state index contributed by atoms with van der Waals surface area (Å²) in [6, 6.07) is 0. The Morgan fingerprint density at radius 1 is 0.303 bits per heavy atom. The fourth-order valence-electron chi connectivity index (χ4n) is 10.1. The van der Waals surface area contributed by atoms with Crippen molar-refractivity contribution in [2.75, 3.05) is 47.5 Å². The molecule has 0 amide bonds. The zero-order valence-electron chi connectivity index (χ0n) is 63.6. The van der Waals surface area contributed by atoms with Crippen LogP contribution in [0.4, 0.5) is 0 Å². The smallest absolute Gasteiger partial charge is 0.361 e. The maximum Gasteiger partial charge on any atom is 0.361 e. The highest BCUT2D eigenvalue weighted by atomic mass is 16.7. The van der Waals surface area contributed by atoms with E-state index in [0.29, 0.717) is 17.4 Å². The molecule has 9 nitrogen and oxygen atoms in total. The molecule has 0 aliphatic heterocycles. The first kappa shape index (κ1) is 92.9. The van der Waals surface area contributed by atoms with E-state index in [1.165, 1.54) is 89.9 Å². The number of esters is 2. The summed E-state index contributed by atoms with van der Waals surface area (Å²) in [4.78, 5) is 37.7. The summed E-state index contributed by atoms with van der Waals surface area (Å²) in [6.07, 6.45) is 118. The van der Waals surface area contributed by atoms with Crippen molar-refractivity contribution < 1.29 is 42.9 Å². The van der Waals surface area contributed by atoms with Gasteiger partial charge in [-0.05, 0) is 148 Å². The number of unbranched alkanes of at least 4 members (excludes halogenated alkanes) is 21. The standard InChI is InChI=1S/C90H143NO8/c1-6-8-10-12-14-16-18-20-22-24-26-28-30-32-34-36-38-40-42-43-44-45-47-49-51-53-55-57-59-61-63-65-67-69-71-73-75-77-79-81-88(93)99-86(85-98-90(89(94)95)96-83-82-91(3,4)5)84-97-87(92)80-78-76-74-72-70-68-66-64-62-60-58-56-54-52-50-48-46-41-39-37-35-33-31-29-27-25-23-21-19-17-15-13-11-9-7-2/h8-11,14-17,20-23,26-29,32-35,38-41,43-44,47,49,53,55,59,61,65,67,86,90H,6-7,12-13,18-19,24-25,30-31,36-37,42,45-46,48,50-52,54,56-58,60,62-64,66,68-85H2,1-5H3/p+1/b10-8-,11-9-,16-14-,17-15-,22-20-,23-21-,28-26-,29-27-,34-32-,35-33-,40-38-,41-39-,44-43-,49-47-,55-53-,61-59-,67-65-. The summed E-state index contributed by atoms with van der Waals surface area (Å²) in [5.74, 6) is -2.05. The van der Waals surface area contributed by atoms with E-state index >= 15 is 0 Å². The average molecular weight is 1370 g/mol. The van der Waals surface area contributed by atoms with Crippen LogP contribution in [0.3, 0.4) is 0 Å². The summed E-state index contributed by atoms with van der Waals surface area (Å²) in [5, 5.41) is 9.77. The Balaban J connectivity index is 4.17. The SMILES string of the molecule is CC/C=C\C/C=C\C/C=C\C/C=C\C/C=C\C/C=C\C/C=C\C/C=C\C/C=C\C/C=C\C/C=C\CCCCCCCC(=O)OC(COC(=O)CCCCCCCCCCCCCCCCCC/C=C\C/C=C\C/C=C\C/C=C\C/C=C\C/C=C\CC)COC(OCC[N+](C)(C)C)C(=O)O. The predicted molar refractivity (Wildman–Crippen MR) is 428 cm³/mol. The number of hydrogen-bond acceptors (Lipinski definition) is 7. The van der Waals surface area contributed by atoms with Crippen molar-refractivity contribution in [2.45, 2.75) is 296 Å². The van der Waals surface area contributed by atoms with Crippen LogP contribution in [0, 0.1) is 0 Å². The molecule has 0 fully saturated rings. The summed E-state index contributed by atoms with van der Waals surface area (Å²) in [5.41, 5.74) is 0. The van der Waals surface area contributed by atoms with E-state index in [-0.39, 0.29) is 38.6 Å². The highest BCUT2D eigenvalue weighted by molar-refractivity contribution is 5.71. The van der Waals surface area contributed by atoms with Gasteiger partial charge in [0.25, 0.3) is 6.29 Å². The summed E-state index contributed by atoms with van der Waals surface area (Å²) < 4.78 is 23.0. The average Bonchev–Trinajstić information content (AvgIpc) is 1.14. The Labute approximate surface area is 607 Å². The van der Waals surface area contributed by atoms with Crippen LogP contribution in [-0.4, -0.2) is 87.4 Å². The molecular formula is C90H144NO8+. The van der Waals surface area contributed by atoms with E-state index in [2.05, 4.69) is 220 Å². The molecule has 99 heavy (non-hydrogen) atoms. The second-order valence-electron chi connectivity index (χ2n) is 26.6. The van der Waals surface area contributed by atoms with Crippen molar-refractivity contribution >= 4 is 17.9 Å². The van der Waals surface area contributed by atoms with Crippen molar-refractivity contribution in [2.24, 2.45) is 0 Å². The molecule has 2 atom stereocenters. The van der Waals surface area contributed by atoms with Crippen LogP contribution in [-0.2, 0) is 33.3 Å². The number of allylic oxidation sites excluding steroid dienone is 34. The third-order valence-corrected chi connectivity index (χ3v) is 16.0. The molecule has 0 aliphatic carbocycles. The Morgan fingerprint density at radius 2 is 0.545 bits per heavy atom. The van der Waals surface area contributed by atoms with Crippen LogP contribution >= 0.6 is 0 Å². The normalized spacial score (nSPS) is 13.8. The predicted octanol–water partition coefficient (Wildman–Crippen LogP) is 25.5. The third kappa shape index (κ3) is 79.1. The molecule has 9 heteroatoms. The van der Waals surface area contributed by atoms with Gasteiger partial charge in [0.05, 0.1) is 34.4 Å². The van der Waals surface area contributed by atoms with Crippen LogP contribution in [0.15, 0.2) is 207 Å². The highest BCUT2D eigenvalue weighted by Gasteiger charge is 2.25. The Hall–Kier alpha value is -6.13. The van der Waals surface area contributed by atoms with Gasteiger partial charge in [0.15, 0.2) is 6.10 Å². The third-order valence-electron chi connectivity index (χ3n) is 16.0. The number of carboxylic acids is 1. The molecule has 1 N–H and O–H groups in total. The van der Waals surface area contributed by atoms with Crippen LogP contribution < -0.4 is 0 Å². The fourth-order valence-corrected chi connectivity index (χ4v) is 10.1. The molecule has 0 aromatic carbocycles. The second-order valence-corrected chi connectivity index (χ2v) is 26.6. The summed E-state index contributed by atoms with van der Waals surface area (Å²) in [7, 11) is 5.96. The number of carbonyl (C=O) groups is 3. The molecule has 0 aliphatic rings. The number of nitrogens with zero attached hydrogens (tertiary/aromatic N) is 1. The van der Waals surface area contributed by atoms with E-state index in [4.69, 9.17) is 18.9 Å². The van der Waals surface area contributed by atoms with Gasteiger partial charge in [0.1, 0.15) is 13.2 Å². The maximum absolute atomic E-state index is 13.0. The molecular weight excluding hydrogens is 1220 g/mol. The van der Waals surface area contributed by atoms with Crippen LogP contribution in [0.2, 0.25) is 0 Å². The Bertz CT molecular complexity index is 2390. The van der Waals surface area contributed by atoms with Crippen molar-refractivity contribution in [1.82, 2.24) is 0 Å². The number of likely N-dealkylation sites (N-methyl/N-ethyl adjacent to an activating group) is 1. The molecule has 0 saturated carbocycles. The fraction of sp³-hybridized carbons (Fsp3) is 0.589. The van der Waals surface area contributed by atoms with Crippen LogP contribution in [0.5, 0.6) is 0 Å². The molecule has 556 valence electrons. The molecule has 0 bridgehead atoms. The number of aliphatic carboxylic acids is 1. The van der Waals surface area contributed by atoms with Crippen molar-refractivity contribution in [3.8, 4) is 0 Å². The van der Waals surface area contributed by atoms with Crippen molar-refractivity contribution in [3.63, 3.8) is 0 Å². The van der Waals surface area contributed by atoms with Gasteiger partial charge in [-0.15, -0.1) is 0 Å². The second kappa shape index (κ2) is 77.6. The maximum atomic E-state index is 13.0. The summed E-state index contributed by atoms with van der Waals surface area (Å²) in [6.45, 7) is 4.62. The first-order valence-electron chi connectivity index (χ1n) is 39.2. The minimum absolute atomic E-state index is 0.174. The monoisotopic (exact) mass is 1370 g/mol. The largest absolute Gasteiger partial charge is 0.477 e. The highest BCUT2D eigenvalue weighted by Crippen LogP contribution is 2.16. The molecule has 0 saturated heterocycles. The van der Waals surface area contributed by atoms with Gasteiger partial charge in [-0.25, -0.2) is 4.79 Å². The van der Waals surface area contributed by atoms with Gasteiger partial charge < -0.3 is 28.5 Å². The topological polar surface area (TPSA) is 108 Å². The van der Waals surface area contributed by atoms with Gasteiger partial charge in [-0.1, -0.05) is 330 Å². The van der Waals surface area contributed by atoms with Gasteiger partial charge in [-0.2, -0.15) is 0 Å². The van der Waals surface area contributed by atoms with Crippen LogP contribution in [0.25, 0.3) is 0 Å². The number of ether oxygens (including phenoxy) is 4. The zero-order chi connectivity index (χ0) is 71.8. The number of carboxylic acid groups (broad SMARTS) is 1. The molecule has 0 rings (SSSR count). The van der Waals surface area contributed by atoms with E-state index in [0.717, 1.165) is 161 Å². The lowest BCUT2D eigenvalue weighted by Crippen LogP contribution is -2.40.